The van der Waals surface area contributed by atoms with Crippen molar-refractivity contribution in [3.8, 4) is 0 Å². The van der Waals surface area contributed by atoms with Gasteiger partial charge < -0.3 is 9.94 Å². The Morgan fingerprint density at radius 1 is 1.71 bits per heavy atom. The fraction of sp³-hybridized carbons (Fsp3) is 0.750. The summed E-state index contributed by atoms with van der Waals surface area (Å²) >= 11 is 0. The van der Waals surface area contributed by atoms with Crippen LogP contribution in [-0.4, -0.2) is 24.6 Å². The minimum atomic E-state index is 0.366. The number of oxime groups is 1. The number of ether oxygens (including phenoxy) is 1. The summed E-state index contributed by atoms with van der Waals surface area (Å²) in [4.78, 5) is 0. The first-order chi connectivity index (χ1) is 3.43. The zero-order valence-electron chi connectivity index (χ0n) is 3.87. The van der Waals surface area contributed by atoms with Crippen LogP contribution in [0.1, 0.15) is 0 Å². The summed E-state index contributed by atoms with van der Waals surface area (Å²) in [6.07, 6.45) is 1.49. The lowest BCUT2D eigenvalue weighted by Crippen LogP contribution is -2.28. The van der Waals surface area contributed by atoms with Crippen LogP contribution < -0.4 is 0 Å². The Morgan fingerprint density at radius 2 is 2.43 bits per heavy atom. The van der Waals surface area contributed by atoms with Crippen LogP contribution in [0.4, 0.5) is 0 Å². The van der Waals surface area contributed by atoms with Gasteiger partial charge in [0.05, 0.1) is 19.4 Å². The van der Waals surface area contributed by atoms with E-state index in [1.54, 1.807) is 0 Å². The topological polar surface area (TPSA) is 41.8 Å². The van der Waals surface area contributed by atoms with Gasteiger partial charge in [0.15, 0.2) is 0 Å². The van der Waals surface area contributed by atoms with Gasteiger partial charge in [-0.25, -0.2) is 0 Å². The first kappa shape index (κ1) is 4.59. The summed E-state index contributed by atoms with van der Waals surface area (Å²) in [6, 6.07) is 0. The average Bonchev–Trinajstić information content (AvgIpc) is 1.55. The molecule has 0 aromatic heterocycles. The molecule has 1 saturated heterocycles. The highest BCUT2D eigenvalue weighted by molar-refractivity contribution is 5.60. The van der Waals surface area contributed by atoms with Crippen molar-refractivity contribution in [2.24, 2.45) is 11.1 Å². The Hall–Kier alpha value is -0.570. The molecule has 0 aromatic carbocycles. The van der Waals surface area contributed by atoms with Crippen LogP contribution in [0, 0.1) is 5.92 Å². The van der Waals surface area contributed by atoms with Crippen molar-refractivity contribution >= 4 is 6.21 Å². The molecule has 40 valence electrons. The van der Waals surface area contributed by atoms with Gasteiger partial charge in [-0.05, 0) is 0 Å². The lowest BCUT2D eigenvalue weighted by atomic mass is 10.1. The minimum absolute atomic E-state index is 0.366. The largest absolute Gasteiger partial charge is 0.411 e. The van der Waals surface area contributed by atoms with Crippen molar-refractivity contribution in [2.75, 3.05) is 13.2 Å². The summed E-state index contributed by atoms with van der Waals surface area (Å²) in [5, 5.41) is 10.8. The molecular weight excluding hydrogens is 94.0 g/mol. The van der Waals surface area contributed by atoms with Gasteiger partial charge in [0.25, 0.3) is 0 Å². The van der Waals surface area contributed by atoms with Crippen molar-refractivity contribution in [1.82, 2.24) is 0 Å². The summed E-state index contributed by atoms with van der Waals surface area (Å²) in [7, 11) is 0. The van der Waals surface area contributed by atoms with E-state index in [4.69, 9.17) is 9.94 Å². The number of hydrogen-bond acceptors (Lipinski definition) is 3. The van der Waals surface area contributed by atoms with Crippen LogP contribution >= 0.6 is 0 Å². The second-order valence-electron chi connectivity index (χ2n) is 1.56. The molecular formula is C4H7NO2. The molecule has 0 atom stereocenters. The fourth-order valence-electron chi connectivity index (χ4n) is 0.434. The molecule has 1 aliphatic heterocycles. The van der Waals surface area contributed by atoms with Gasteiger partial charge in [-0.15, -0.1) is 5.16 Å². The molecule has 0 spiro atoms. The second-order valence-corrected chi connectivity index (χ2v) is 1.56. The zero-order chi connectivity index (χ0) is 5.11. The van der Waals surface area contributed by atoms with E-state index >= 15 is 0 Å². The molecule has 0 amide bonds. The molecule has 3 nitrogen and oxygen atoms in total. The van der Waals surface area contributed by atoms with Gasteiger partial charge in [-0.3, -0.25) is 0 Å². The molecule has 1 aliphatic rings. The average molecular weight is 101 g/mol. The quantitative estimate of drug-likeness (QED) is 0.289. The summed E-state index contributed by atoms with van der Waals surface area (Å²) in [6.45, 7) is 1.42. The maximum Gasteiger partial charge on any atom is 0.0567 e. The van der Waals surface area contributed by atoms with Gasteiger partial charge in [0.2, 0.25) is 0 Å². The second kappa shape index (κ2) is 1.93. The van der Waals surface area contributed by atoms with E-state index in [2.05, 4.69) is 5.16 Å². The molecule has 0 radical (unpaired) electrons. The molecule has 1 N–H and O–H groups in total. The predicted octanol–water partition coefficient (Wildman–Crippen LogP) is 0.0928. The lowest BCUT2D eigenvalue weighted by molar-refractivity contribution is 0.00305. The molecule has 0 aromatic rings. The zero-order valence-corrected chi connectivity index (χ0v) is 3.87. The van der Waals surface area contributed by atoms with Crippen LogP contribution in [0.2, 0.25) is 0 Å². The van der Waals surface area contributed by atoms with E-state index in [0.29, 0.717) is 19.1 Å². The maximum atomic E-state index is 7.92. The molecule has 0 bridgehead atoms. The van der Waals surface area contributed by atoms with Crippen molar-refractivity contribution in [2.45, 2.75) is 0 Å². The van der Waals surface area contributed by atoms with Crippen LogP contribution in [0.15, 0.2) is 5.16 Å². The van der Waals surface area contributed by atoms with E-state index in [0.717, 1.165) is 0 Å². The van der Waals surface area contributed by atoms with Gasteiger partial charge in [-0.2, -0.15) is 0 Å². The van der Waals surface area contributed by atoms with Gasteiger partial charge >= 0.3 is 0 Å². The van der Waals surface area contributed by atoms with Gasteiger partial charge in [0.1, 0.15) is 0 Å². The van der Waals surface area contributed by atoms with Gasteiger partial charge in [0, 0.05) is 5.92 Å². The van der Waals surface area contributed by atoms with Crippen molar-refractivity contribution in [3.05, 3.63) is 0 Å². The first-order valence-electron chi connectivity index (χ1n) is 2.19. The molecule has 1 heterocycles. The highest BCUT2D eigenvalue weighted by atomic mass is 16.5. The molecule has 0 unspecified atom stereocenters. The standard InChI is InChI=1S/C4H7NO2/c6-5-1-4-2-7-3-4/h1,4,6H,2-3H2/b5-1+. The maximum absolute atomic E-state index is 7.92. The van der Waals surface area contributed by atoms with Crippen LogP contribution in [0.5, 0.6) is 0 Å². The van der Waals surface area contributed by atoms with E-state index in [1.807, 2.05) is 0 Å². The number of rotatable bonds is 1. The molecule has 7 heavy (non-hydrogen) atoms. The van der Waals surface area contributed by atoms with E-state index in [1.165, 1.54) is 6.21 Å². The van der Waals surface area contributed by atoms with E-state index < -0.39 is 0 Å². The Kier molecular flexibility index (Phi) is 1.26. The molecule has 0 saturated carbocycles. The van der Waals surface area contributed by atoms with Crippen LogP contribution in [0.25, 0.3) is 0 Å². The predicted molar refractivity (Wildman–Crippen MR) is 24.6 cm³/mol. The number of nitrogens with zero attached hydrogens (tertiary/aromatic N) is 1. The normalized spacial score (nSPS) is 22.9. The van der Waals surface area contributed by atoms with Crippen molar-refractivity contribution < 1.29 is 9.94 Å². The summed E-state index contributed by atoms with van der Waals surface area (Å²) in [5.41, 5.74) is 0. The third kappa shape index (κ3) is 0.899. The van der Waals surface area contributed by atoms with E-state index in [-0.39, 0.29) is 0 Å². The summed E-state index contributed by atoms with van der Waals surface area (Å²) in [5.74, 6) is 0.366. The van der Waals surface area contributed by atoms with Crippen LogP contribution in [0.3, 0.4) is 0 Å². The molecule has 0 aliphatic carbocycles. The molecule has 3 heteroatoms. The highest BCUT2D eigenvalue weighted by Gasteiger charge is 2.14. The Morgan fingerprint density at radius 3 is 2.57 bits per heavy atom. The molecule has 1 fully saturated rings. The minimum Gasteiger partial charge on any atom is -0.411 e. The monoisotopic (exact) mass is 101 g/mol. The Labute approximate surface area is 41.6 Å². The Balaban J connectivity index is 2.14. The van der Waals surface area contributed by atoms with Crippen molar-refractivity contribution in [3.63, 3.8) is 0 Å². The van der Waals surface area contributed by atoms with E-state index in [9.17, 15) is 0 Å². The third-order valence-electron chi connectivity index (χ3n) is 0.941. The first-order valence-corrected chi connectivity index (χ1v) is 2.19. The SMILES string of the molecule is O/N=C/C1COC1. The summed E-state index contributed by atoms with van der Waals surface area (Å²) < 4.78 is 4.79. The smallest absolute Gasteiger partial charge is 0.0567 e. The van der Waals surface area contributed by atoms with Crippen molar-refractivity contribution in [1.29, 1.82) is 0 Å². The Bertz CT molecular complexity index is 77.8. The number of hydrogen-bond donors (Lipinski definition) is 1. The lowest BCUT2D eigenvalue weighted by Gasteiger charge is -2.20. The van der Waals surface area contributed by atoms with Gasteiger partial charge in [-0.1, -0.05) is 0 Å². The fourth-order valence-corrected chi connectivity index (χ4v) is 0.434. The molecule has 1 rings (SSSR count). The third-order valence-corrected chi connectivity index (χ3v) is 0.941. The van der Waals surface area contributed by atoms with Crippen LogP contribution in [-0.2, 0) is 4.74 Å². The highest BCUT2D eigenvalue weighted by Crippen LogP contribution is 2.05.